The molecule has 0 unspecified atom stereocenters. The third kappa shape index (κ3) is 8.26. The summed E-state index contributed by atoms with van der Waals surface area (Å²) in [6, 6.07) is -0.877. The summed E-state index contributed by atoms with van der Waals surface area (Å²) in [6.45, 7) is 0.330. The number of hydrogen-bond acceptors (Lipinski definition) is 5. The highest BCUT2D eigenvalue weighted by atomic mass is 32.2. The Morgan fingerprint density at radius 2 is 1.85 bits per heavy atom. The number of aliphatic carboxylic acids is 1. The van der Waals surface area contributed by atoms with Gasteiger partial charge >= 0.3 is 12.0 Å². The second kappa shape index (κ2) is 8.32. The summed E-state index contributed by atoms with van der Waals surface area (Å²) < 4.78 is 24.8. The molecule has 0 saturated carbocycles. The van der Waals surface area contributed by atoms with Crippen LogP contribution in [0.1, 0.15) is 6.92 Å². The van der Waals surface area contributed by atoms with E-state index in [4.69, 9.17) is 10.8 Å². The molecule has 0 aromatic rings. The van der Waals surface area contributed by atoms with Gasteiger partial charge in [0.05, 0.1) is 5.75 Å². The number of amides is 3. The third-order valence-corrected chi connectivity index (χ3v) is 3.44. The van der Waals surface area contributed by atoms with Crippen molar-refractivity contribution in [2.75, 3.05) is 31.9 Å². The Morgan fingerprint density at radius 1 is 1.25 bits per heavy atom. The maximum atomic E-state index is 11.6. The van der Waals surface area contributed by atoms with Crippen molar-refractivity contribution in [2.24, 2.45) is 5.73 Å². The van der Waals surface area contributed by atoms with Crippen molar-refractivity contribution in [2.45, 2.75) is 6.92 Å². The van der Waals surface area contributed by atoms with Crippen LogP contribution >= 0.6 is 0 Å². The SMILES string of the molecule is CCNS(=O)(=O)CCNC(=O)N(CC(N)=O)CC(=O)O. The molecule has 0 heterocycles. The van der Waals surface area contributed by atoms with E-state index < -0.39 is 41.0 Å². The van der Waals surface area contributed by atoms with Gasteiger partial charge in [-0.25, -0.2) is 17.9 Å². The number of nitrogens with two attached hydrogens (primary N) is 1. The Labute approximate surface area is 116 Å². The zero-order valence-corrected chi connectivity index (χ0v) is 11.8. The van der Waals surface area contributed by atoms with Gasteiger partial charge in [0.15, 0.2) is 0 Å². The van der Waals surface area contributed by atoms with Crippen molar-refractivity contribution >= 4 is 27.9 Å². The van der Waals surface area contributed by atoms with Gasteiger partial charge in [0.25, 0.3) is 0 Å². The van der Waals surface area contributed by atoms with Crippen molar-refractivity contribution in [1.29, 1.82) is 0 Å². The van der Waals surface area contributed by atoms with E-state index in [-0.39, 0.29) is 18.8 Å². The van der Waals surface area contributed by atoms with Crippen LogP contribution in [0.4, 0.5) is 4.79 Å². The molecule has 0 aromatic heterocycles. The summed E-state index contributed by atoms with van der Waals surface area (Å²) in [5, 5.41) is 10.8. The minimum Gasteiger partial charge on any atom is -0.480 e. The maximum absolute atomic E-state index is 11.6. The van der Waals surface area contributed by atoms with E-state index in [1.54, 1.807) is 6.92 Å². The molecule has 116 valence electrons. The summed E-state index contributed by atoms with van der Waals surface area (Å²) in [6.07, 6.45) is 0. The van der Waals surface area contributed by atoms with Gasteiger partial charge in [-0.05, 0) is 0 Å². The number of carboxylic acid groups (broad SMARTS) is 1. The molecule has 11 heteroatoms. The fraction of sp³-hybridized carbons (Fsp3) is 0.667. The molecule has 0 aliphatic heterocycles. The predicted molar refractivity (Wildman–Crippen MR) is 69.3 cm³/mol. The molecular weight excluding hydrogens is 292 g/mol. The van der Waals surface area contributed by atoms with Crippen LogP contribution in [-0.4, -0.2) is 68.3 Å². The lowest BCUT2D eigenvalue weighted by Gasteiger charge is -2.19. The number of hydrogen-bond donors (Lipinski definition) is 4. The quantitative estimate of drug-likeness (QED) is 0.368. The average molecular weight is 310 g/mol. The number of nitrogens with zero attached hydrogens (tertiary/aromatic N) is 1. The number of sulfonamides is 1. The summed E-state index contributed by atoms with van der Waals surface area (Å²) in [4.78, 5) is 33.5. The monoisotopic (exact) mass is 310 g/mol. The molecule has 0 saturated heterocycles. The molecule has 20 heavy (non-hydrogen) atoms. The molecule has 0 bridgehead atoms. The molecule has 3 amide bonds. The van der Waals surface area contributed by atoms with Crippen molar-refractivity contribution in [1.82, 2.24) is 14.9 Å². The molecule has 0 fully saturated rings. The van der Waals surface area contributed by atoms with Crippen molar-refractivity contribution in [3.8, 4) is 0 Å². The first kappa shape index (κ1) is 18.1. The summed E-state index contributed by atoms with van der Waals surface area (Å²) in [5.74, 6) is -2.55. The minimum absolute atomic E-state index is 0.219. The van der Waals surface area contributed by atoms with E-state index >= 15 is 0 Å². The van der Waals surface area contributed by atoms with Crippen molar-refractivity contribution in [3.05, 3.63) is 0 Å². The Kier molecular flexibility index (Phi) is 7.54. The second-order valence-corrected chi connectivity index (χ2v) is 5.69. The van der Waals surface area contributed by atoms with Crippen LogP contribution in [0.15, 0.2) is 0 Å². The highest BCUT2D eigenvalue weighted by Crippen LogP contribution is 1.90. The lowest BCUT2D eigenvalue weighted by atomic mass is 10.4. The van der Waals surface area contributed by atoms with Crippen molar-refractivity contribution in [3.63, 3.8) is 0 Å². The van der Waals surface area contributed by atoms with Crippen LogP contribution in [0.25, 0.3) is 0 Å². The highest BCUT2D eigenvalue weighted by molar-refractivity contribution is 7.89. The number of nitrogens with one attached hydrogen (secondary N) is 2. The first-order valence-corrected chi connectivity index (χ1v) is 7.33. The van der Waals surface area contributed by atoms with Gasteiger partial charge in [0.1, 0.15) is 13.1 Å². The standard InChI is InChI=1S/C9H18N4O6S/c1-2-12-20(18,19)4-3-11-9(17)13(5-7(10)14)6-8(15)16/h12H,2-6H2,1H3,(H2,10,14)(H,11,17)(H,15,16). The fourth-order valence-corrected chi connectivity index (χ4v) is 2.20. The molecule has 0 rings (SSSR count). The molecule has 5 N–H and O–H groups in total. The van der Waals surface area contributed by atoms with Crippen LogP contribution < -0.4 is 15.8 Å². The van der Waals surface area contributed by atoms with Crippen molar-refractivity contribution < 1.29 is 27.9 Å². The number of rotatable bonds is 9. The Morgan fingerprint density at radius 3 is 2.30 bits per heavy atom. The minimum atomic E-state index is -3.49. The zero-order chi connectivity index (χ0) is 15.8. The topological polar surface area (TPSA) is 159 Å². The van der Waals surface area contributed by atoms with Gasteiger partial charge in [-0.15, -0.1) is 0 Å². The molecular formula is C9H18N4O6S. The van der Waals surface area contributed by atoms with E-state index in [1.165, 1.54) is 0 Å². The summed E-state index contributed by atoms with van der Waals surface area (Å²) >= 11 is 0. The molecule has 0 aliphatic rings. The number of primary amides is 1. The van der Waals surface area contributed by atoms with Gasteiger partial charge < -0.3 is 21.1 Å². The maximum Gasteiger partial charge on any atom is 0.323 e. The van der Waals surface area contributed by atoms with Gasteiger partial charge in [-0.3, -0.25) is 9.59 Å². The largest absolute Gasteiger partial charge is 0.480 e. The number of urea groups is 1. The van der Waals surface area contributed by atoms with Gasteiger partial charge in [0.2, 0.25) is 15.9 Å². The normalized spacial score (nSPS) is 10.8. The van der Waals surface area contributed by atoms with Crippen LogP contribution in [0, 0.1) is 0 Å². The lowest BCUT2D eigenvalue weighted by Crippen LogP contribution is -2.47. The second-order valence-electron chi connectivity index (χ2n) is 3.76. The van der Waals surface area contributed by atoms with Gasteiger partial charge in [0, 0.05) is 13.1 Å². The molecule has 0 aliphatic carbocycles. The van der Waals surface area contributed by atoms with Gasteiger partial charge in [-0.2, -0.15) is 0 Å². The highest BCUT2D eigenvalue weighted by Gasteiger charge is 2.19. The number of carboxylic acids is 1. The number of carbonyl (C=O) groups excluding carboxylic acids is 2. The van der Waals surface area contributed by atoms with E-state index in [1.807, 2.05) is 0 Å². The van der Waals surface area contributed by atoms with E-state index in [0.717, 1.165) is 0 Å². The average Bonchev–Trinajstić information content (AvgIpc) is 2.26. The van der Waals surface area contributed by atoms with Crippen LogP contribution in [0.5, 0.6) is 0 Å². The Hall–Kier alpha value is -1.88. The van der Waals surface area contributed by atoms with E-state index in [2.05, 4.69) is 10.0 Å². The van der Waals surface area contributed by atoms with E-state index in [9.17, 15) is 22.8 Å². The van der Waals surface area contributed by atoms with E-state index in [0.29, 0.717) is 4.90 Å². The molecule has 0 aromatic carbocycles. The summed E-state index contributed by atoms with van der Waals surface area (Å²) in [5.41, 5.74) is 4.88. The molecule has 10 nitrogen and oxygen atoms in total. The van der Waals surface area contributed by atoms with Crippen LogP contribution in [-0.2, 0) is 19.6 Å². The van der Waals surface area contributed by atoms with Crippen LogP contribution in [0.3, 0.4) is 0 Å². The predicted octanol–water partition coefficient (Wildman–Crippen LogP) is -2.49. The van der Waals surface area contributed by atoms with Gasteiger partial charge in [-0.1, -0.05) is 6.92 Å². The zero-order valence-electron chi connectivity index (χ0n) is 11.0. The Balaban J connectivity index is 4.39. The third-order valence-electron chi connectivity index (χ3n) is 1.97. The first-order chi connectivity index (χ1) is 9.18. The molecule has 0 atom stereocenters. The van der Waals surface area contributed by atoms with Crippen LogP contribution in [0.2, 0.25) is 0 Å². The summed E-state index contributed by atoms with van der Waals surface area (Å²) in [7, 11) is -3.49. The molecule has 0 spiro atoms. The number of carbonyl (C=O) groups is 3. The Bertz CT molecular complexity index is 447. The smallest absolute Gasteiger partial charge is 0.323 e. The first-order valence-electron chi connectivity index (χ1n) is 5.68. The molecule has 0 radical (unpaired) electrons. The fourth-order valence-electron chi connectivity index (χ4n) is 1.25. The lowest BCUT2D eigenvalue weighted by molar-refractivity contribution is -0.137.